The Morgan fingerprint density at radius 2 is 1.74 bits per heavy atom. The van der Waals surface area contributed by atoms with Gasteiger partial charge in [0.2, 0.25) is 0 Å². The first-order valence-corrected chi connectivity index (χ1v) is 11.8. The van der Waals surface area contributed by atoms with E-state index in [1.807, 2.05) is 18.2 Å². The quantitative estimate of drug-likeness (QED) is 0.524. The van der Waals surface area contributed by atoms with Crippen LogP contribution < -0.4 is 14.2 Å². The molecule has 1 N–H and O–H groups in total. The molecule has 0 saturated carbocycles. The highest BCUT2D eigenvalue weighted by molar-refractivity contribution is 7.94. The number of likely N-dealkylation sites (N-methyl/N-ethyl adjacent to an activating group) is 1. The third kappa shape index (κ3) is 5.56. The molecule has 0 aliphatic carbocycles. The van der Waals surface area contributed by atoms with Gasteiger partial charge in [-0.3, -0.25) is 9.52 Å². The van der Waals surface area contributed by atoms with Gasteiger partial charge in [-0.25, -0.2) is 8.42 Å². The Labute approximate surface area is 186 Å². The molecule has 0 bridgehead atoms. The molecular weight excluding hydrogens is 436 g/mol. The van der Waals surface area contributed by atoms with Gasteiger partial charge < -0.3 is 14.4 Å². The summed E-state index contributed by atoms with van der Waals surface area (Å²) in [6.45, 7) is 0.515. The van der Waals surface area contributed by atoms with E-state index in [-0.39, 0.29) is 10.1 Å². The fourth-order valence-electron chi connectivity index (χ4n) is 2.96. The number of carbonyl (C=O) groups is 1. The molecule has 3 aromatic rings. The van der Waals surface area contributed by atoms with Crippen LogP contribution in [0.3, 0.4) is 0 Å². The van der Waals surface area contributed by atoms with Crippen LogP contribution in [0.2, 0.25) is 0 Å². The minimum atomic E-state index is -3.62. The summed E-state index contributed by atoms with van der Waals surface area (Å²) in [4.78, 5) is 14.3. The Kier molecular flexibility index (Phi) is 7.19. The van der Waals surface area contributed by atoms with Crippen LogP contribution in [0.5, 0.6) is 11.5 Å². The van der Waals surface area contributed by atoms with Crippen molar-refractivity contribution in [2.45, 2.75) is 10.6 Å². The second kappa shape index (κ2) is 9.84. The van der Waals surface area contributed by atoms with Gasteiger partial charge in [-0.1, -0.05) is 12.1 Å². The van der Waals surface area contributed by atoms with E-state index in [9.17, 15) is 13.2 Å². The maximum Gasteiger partial charge on any atom is 0.271 e. The molecule has 1 heterocycles. The maximum absolute atomic E-state index is 12.7. The zero-order valence-electron chi connectivity index (χ0n) is 17.5. The Bertz CT molecular complexity index is 1130. The van der Waals surface area contributed by atoms with Crippen LogP contribution in [-0.2, 0) is 16.4 Å². The molecule has 0 radical (unpaired) electrons. The lowest BCUT2D eigenvalue weighted by Gasteiger charge is -2.18. The number of hydrogen-bond donors (Lipinski definition) is 1. The summed E-state index contributed by atoms with van der Waals surface area (Å²) < 4.78 is 37.9. The van der Waals surface area contributed by atoms with Crippen LogP contribution >= 0.6 is 11.3 Å². The van der Waals surface area contributed by atoms with Crippen molar-refractivity contribution in [2.24, 2.45) is 0 Å². The number of ether oxygens (including phenoxy) is 2. The van der Waals surface area contributed by atoms with E-state index < -0.39 is 10.0 Å². The SMILES string of the molecule is COc1ccc(CCN(C)C(=O)c2ccc(NS(=O)(=O)c3cccs3)cc2)cc1OC. The zero-order chi connectivity index (χ0) is 22.4. The second-order valence-corrected chi connectivity index (χ2v) is 9.64. The van der Waals surface area contributed by atoms with Crippen molar-refractivity contribution in [3.05, 3.63) is 71.1 Å². The van der Waals surface area contributed by atoms with Crippen molar-refractivity contribution in [3.63, 3.8) is 0 Å². The smallest absolute Gasteiger partial charge is 0.271 e. The Morgan fingerprint density at radius 1 is 1.03 bits per heavy atom. The molecule has 2 aromatic carbocycles. The van der Waals surface area contributed by atoms with Crippen LogP contribution in [0.15, 0.2) is 64.2 Å². The van der Waals surface area contributed by atoms with Crippen LogP contribution in [0, 0.1) is 0 Å². The van der Waals surface area contributed by atoms with Crippen LogP contribution in [0.1, 0.15) is 15.9 Å². The summed E-state index contributed by atoms with van der Waals surface area (Å²) in [5.74, 6) is 1.16. The monoisotopic (exact) mass is 460 g/mol. The van der Waals surface area contributed by atoms with Crippen molar-refractivity contribution < 1.29 is 22.7 Å². The van der Waals surface area contributed by atoms with E-state index in [0.29, 0.717) is 35.7 Å². The molecule has 0 fully saturated rings. The summed E-state index contributed by atoms with van der Waals surface area (Å²) in [5.41, 5.74) is 1.91. The highest BCUT2D eigenvalue weighted by atomic mass is 32.2. The molecule has 1 amide bonds. The number of amides is 1. The fraction of sp³-hybridized carbons (Fsp3) is 0.227. The lowest BCUT2D eigenvalue weighted by Crippen LogP contribution is -2.28. The van der Waals surface area contributed by atoms with E-state index in [4.69, 9.17) is 9.47 Å². The van der Waals surface area contributed by atoms with E-state index >= 15 is 0 Å². The highest BCUT2D eigenvalue weighted by Crippen LogP contribution is 2.27. The minimum Gasteiger partial charge on any atom is -0.493 e. The van der Waals surface area contributed by atoms with Gasteiger partial charge in [0, 0.05) is 24.8 Å². The second-order valence-electron chi connectivity index (χ2n) is 6.78. The third-order valence-corrected chi connectivity index (χ3v) is 7.45. The first-order chi connectivity index (χ1) is 14.8. The first-order valence-electron chi connectivity index (χ1n) is 9.47. The number of methoxy groups -OCH3 is 2. The van der Waals surface area contributed by atoms with Crippen molar-refractivity contribution >= 4 is 33.0 Å². The van der Waals surface area contributed by atoms with Crippen molar-refractivity contribution in [1.29, 1.82) is 0 Å². The van der Waals surface area contributed by atoms with Gasteiger partial charge in [0.1, 0.15) is 4.21 Å². The number of sulfonamides is 1. The van der Waals surface area contributed by atoms with Crippen LogP contribution in [0.4, 0.5) is 5.69 Å². The van der Waals surface area contributed by atoms with Crippen molar-refractivity contribution in [2.75, 3.05) is 32.5 Å². The number of rotatable bonds is 9. The molecule has 0 unspecified atom stereocenters. The number of thiophene rings is 1. The van der Waals surface area contributed by atoms with Gasteiger partial charge in [0.05, 0.1) is 14.2 Å². The van der Waals surface area contributed by atoms with Crippen molar-refractivity contribution in [3.8, 4) is 11.5 Å². The molecule has 164 valence electrons. The predicted molar refractivity (Wildman–Crippen MR) is 122 cm³/mol. The molecule has 3 rings (SSSR count). The van der Waals surface area contributed by atoms with Gasteiger partial charge in [-0.05, 0) is 59.8 Å². The molecule has 0 spiro atoms. The van der Waals surface area contributed by atoms with Gasteiger partial charge in [0.25, 0.3) is 15.9 Å². The molecule has 9 heteroatoms. The van der Waals surface area contributed by atoms with E-state index in [1.54, 1.807) is 61.9 Å². The molecule has 0 atom stereocenters. The first kappa shape index (κ1) is 22.6. The average Bonchev–Trinajstić information content (AvgIpc) is 3.33. The van der Waals surface area contributed by atoms with Gasteiger partial charge in [-0.15, -0.1) is 11.3 Å². The molecule has 1 aromatic heterocycles. The summed E-state index contributed by atoms with van der Waals surface area (Å²) in [7, 11) is 1.29. The van der Waals surface area contributed by atoms with Gasteiger partial charge in [-0.2, -0.15) is 0 Å². The molecule has 0 aliphatic heterocycles. The molecule has 0 saturated heterocycles. The topological polar surface area (TPSA) is 84.9 Å². The number of nitrogens with one attached hydrogen (secondary N) is 1. The van der Waals surface area contributed by atoms with Gasteiger partial charge >= 0.3 is 0 Å². The number of carbonyl (C=O) groups excluding carboxylic acids is 1. The Morgan fingerprint density at radius 3 is 2.35 bits per heavy atom. The van der Waals surface area contributed by atoms with E-state index in [1.165, 1.54) is 6.07 Å². The normalized spacial score (nSPS) is 11.1. The summed E-state index contributed by atoms with van der Waals surface area (Å²) in [6, 6.07) is 15.3. The maximum atomic E-state index is 12.7. The molecule has 7 nitrogen and oxygen atoms in total. The molecular formula is C22H24N2O5S2. The number of hydrogen-bond acceptors (Lipinski definition) is 6. The molecule has 31 heavy (non-hydrogen) atoms. The van der Waals surface area contributed by atoms with E-state index in [2.05, 4.69) is 4.72 Å². The summed E-state index contributed by atoms with van der Waals surface area (Å²) >= 11 is 1.14. The highest BCUT2D eigenvalue weighted by Gasteiger charge is 2.16. The standard InChI is InChI=1S/C22H24N2O5S2/c1-24(13-12-16-6-11-19(28-2)20(15-16)29-3)22(25)17-7-9-18(10-8-17)23-31(26,27)21-5-4-14-30-21/h4-11,14-15,23H,12-13H2,1-3H3. The van der Waals surface area contributed by atoms with Crippen molar-refractivity contribution in [1.82, 2.24) is 4.90 Å². The summed E-state index contributed by atoms with van der Waals surface area (Å²) in [6.07, 6.45) is 0.654. The van der Waals surface area contributed by atoms with Crippen LogP contribution in [-0.4, -0.2) is 47.0 Å². The minimum absolute atomic E-state index is 0.145. The fourth-order valence-corrected chi connectivity index (χ4v) is 5.01. The van der Waals surface area contributed by atoms with Gasteiger partial charge in [0.15, 0.2) is 11.5 Å². The Balaban J connectivity index is 1.61. The zero-order valence-corrected chi connectivity index (χ0v) is 19.1. The Hall–Kier alpha value is -3.04. The third-order valence-electron chi connectivity index (χ3n) is 4.67. The average molecular weight is 461 g/mol. The summed E-state index contributed by atoms with van der Waals surface area (Å²) in [5, 5.41) is 1.70. The lowest BCUT2D eigenvalue weighted by molar-refractivity contribution is 0.0796. The number of benzene rings is 2. The van der Waals surface area contributed by atoms with Crippen LogP contribution in [0.25, 0.3) is 0 Å². The van der Waals surface area contributed by atoms with E-state index in [0.717, 1.165) is 16.9 Å². The predicted octanol–water partition coefficient (Wildman–Crippen LogP) is 3.88. The molecule has 0 aliphatic rings. The number of anilines is 1. The largest absolute Gasteiger partial charge is 0.493 e. The lowest BCUT2D eigenvalue weighted by atomic mass is 10.1. The number of nitrogens with zero attached hydrogens (tertiary/aromatic N) is 1.